The first-order valence-corrected chi connectivity index (χ1v) is 6.00. The Hall–Kier alpha value is -1.57. The highest BCUT2D eigenvalue weighted by molar-refractivity contribution is 5.30. The second kappa shape index (κ2) is 5.50. The minimum Gasteiger partial charge on any atom is -0.241 e. The van der Waals surface area contributed by atoms with Gasteiger partial charge in [-0.2, -0.15) is 5.10 Å². The van der Waals surface area contributed by atoms with Gasteiger partial charge in [-0.15, -0.1) is 0 Å². The number of nitrogens with zero attached hydrogens (tertiary/aromatic N) is 2. The predicted octanol–water partition coefficient (Wildman–Crippen LogP) is 3.61. The number of aryl methyl sites for hydroxylation is 1. The average Bonchev–Trinajstić information content (AvgIpc) is 2.79. The Kier molecular flexibility index (Phi) is 3.76. The van der Waals surface area contributed by atoms with Crippen LogP contribution in [-0.4, -0.2) is 9.78 Å². The van der Waals surface area contributed by atoms with E-state index in [1.165, 1.54) is 25.0 Å². The second-order valence-corrected chi connectivity index (χ2v) is 4.04. The fraction of sp³-hybridized carbons (Fsp3) is 0.357. The maximum atomic E-state index is 4.57. The molecule has 2 heteroatoms. The van der Waals surface area contributed by atoms with Crippen LogP contribution in [0, 0.1) is 0 Å². The number of unbranched alkanes of at least 4 members (excludes halogenated alkanes) is 2. The van der Waals surface area contributed by atoms with Crippen molar-refractivity contribution < 1.29 is 0 Å². The summed E-state index contributed by atoms with van der Waals surface area (Å²) in [5.74, 6) is 0. The van der Waals surface area contributed by atoms with E-state index in [4.69, 9.17) is 0 Å². The molecule has 0 N–H and O–H groups in total. The van der Waals surface area contributed by atoms with E-state index in [2.05, 4.69) is 30.2 Å². The van der Waals surface area contributed by atoms with Gasteiger partial charge in [-0.3, -0.25) is 0 Å². The topological polar surface area (TPSA) is 17.8 Å². The highest BCUT2D eigenvalue weighted by Gasteiger charge is 2.00. The van der Waals surface area contributed by atoms with Gasteiger partial charge in [-0.25, -0.2) is 4.68 Å². The van der Waals surface area contributed by atoms with E-state index in [0.29, 0.717) is 0 Å². The van der Waals surface area contributed by atoms with Crippen LogP contribution in [0.3, 0.4) is 0 Å². The van der Waals surface area contributed by atoms with Crippen molar-refractivity contribution in [2.75, 3.05) is 0 Å². The fourth-order valence-electron chi connectivity index (χ4n) is 1.78. The van der Waals surface area contributed by atoms with Crippen LogP contribution in [0.4, 0.5) is 0 Å². The Balaban J connectivity index is 2.02. The fourth-order valence-corrected chi connectivity index (χ4v) is 1.78. The Morgan fingerprint density at radius 1 is 1.06 bits per heavy atom. The van der Waals surface area contributed by atoms with Crippen molar-refractivity contribution in [3.63, 3.8) is 0 Å². The van der Waals surface area contributed by atoms with Crippen molar-refractivity contribution >= 4 is 0 Å². The molecular formula is C14H18N2. The van der Waals surface area contributed by atoms with E-state index in [0.717, 1.165) is 12.1 Å². The van der Waals surface area contributed by atoms with Crippen molar-refractivity contribution in [3.8, 4) is 5.69 Å². The van der Waals surface area contributed by atoms with E-state index in [-0.39, 0.29) is 0 Å². The van der Waals surface area contributed by atoms with Gasteiger partial charge in [0.2, 0.25) is 0 Å². The largest absolute Gasteiger partial charge is 0.241 e. The third-order valence-electron chi connectivity index (χ3n) is 2.70. The van der Waals surface area contributed by atoms with Crippen LogP contribution < -0.4 is 0 Å². The van der Waals surface area contributed by atoms with Gasteiger partial charge in [0.05, 0.1) is 11.4 Å². The van der Waals surface area contributed by atoms with Crippen molar-refractivity contribution in [1.82, 2.24) is 9.78 Å². The summed E-state index contributed by atoms with van der Waals surface area (Å²) in [6.07, 6.45) is 6.92. The number of rotatable bonds is 5. The van der Waals surface area contributed by atoms with E-state index >= 15 is 0 Å². The van der Waals surface area contributed by atoms with Gasteiger partial charge >= 0.3 is 0 Å². The van der Waals surface area contributed by atoms with Gasteiger partial charge < -0.3 is 0 Å². The molecule has 84 valence electrons. The summed E-state index contributed by atoms with van der Waals surface area (Å²) in [7, 11) is 0. The van der Waals surface area contributed by atoms with Crippen LogP contribution in [0.5, 0.6) is 0 Å². The molecule has 0 atom stereocenters. The highest BCUT2D eigenvalue weighted by Crippen LogP contribution is 2.09. The van der Waals surface area contributed by atoms with Gasteiger partial charge in [-0.05, 0) is 31.0 Å². The molecule has 1 aromatic carbocycles. The number of hydrogen-bond donors (Lipinski definition) is 0. The zero-order chi connectivity index (χ0) is 11.2. The maximum absolute atomic E-state index is 4.57. The summed E-state index contributed by atoms with van der Waals surface area (Å²) in [5, 5.41) is 4.57. The van der Waals surface area contributed by atoms with Crippen LogP contribution in [0.25, 0.3) is 5.69 Å². The van der Waals surface area contributed by atoms with E-state index in [9.17, 15) is 0 Å². The van der Waals surface area contributed by atoms with Gasteiger partial charge in [0.25, 0.3) is 0 Å². The van der Waals surface area contributed by atoms with Gasteiger partial charge in [0, 0.05) is 6.20 Å². The van der Waals surface area contributed by atoms with Crippen molar-refractivity contribution in [2.45, 2.75) is 32.6 Å². The summed E-state index contributed by atoms with van der Waals surface area (Å²) in [5.41, 5.74) is 2.32. The number of benzene rings is 1. The molecular weight excluding hydrogens is 196 g/mol. The van der Waals surface area contributed by atoms with Crippen molar-refractivity contribution in [2.24, 2.45) is 0 Å². The molecule has 0 spiro atoms. The Labute approximate surface area is 96.9 Å². The molecule has 2 aromatic rings. The minimum atomic E-state index is 1.09. The van der Waals surface area contributed by atoms with Crippen LogP contribution in [0.2, 0.25) is 0 Å². The lowest BCUT2D eigenvalue weighted by atomic mass is 10.2. The molecule has 0 bridgehead atoms. The average molecular weight is 214 g/mol. The van der Waals surface area contributed by atoms with Crippen LogP contribution >= 0.6 is 0 Å². The lowest BCUT2D eigenvalue weighted by Gasteiger charge is -1.99. The number of aromatic nitrogens is 2. The Morgan fingerprint density at radius 3 is 2.62 bits per heavy atom. The predicted molar refractivity (Wildman–Crippen MR) is 66.8 cm³/mol. The summed E-state index contributed by atoms with van der Waals surface area (Å²) < 4.78 is 1.95. The van der Waals surface area contributed by atoms with Crippen LogP contribution in [-0.2, 0) is 6.42 Å². The molecule has 0 amide bonds. The highest BCUT2D eigenvalue weighted by atomic mass is 15.3. The molecule has 0 unspecified atom stereocenters. The molecule has 0 aliphatic heterocycles. The summed E-state index contributed by atoms with van der Waals surface area (Å²) in [4.78, 5) is 0. The molecule has 0 fully saturated rings. The molecule has 16 heavy (non-hydrogen) atoms. The Morgan fingerprint density at radius 2 is 1.88 bits per heavy atom. The lowest BCUT2D eigenvalue weighted by molar-refractivity contribution is 0.698. The molecule has 0 aliphatic rings. The Bertz CT molecular complexity index is 417. The van der Waals surface area contributed by atoms with Crippen LogP contribution in [0.1, 0.15) is 31.9 Å². The summed E-state index contributed by atoms with van der Waals surface area (Å²) >= 11 is 0. The van der Waals surface area contributed by atoms with Gasteiger partial charge in [-0.1, -0.05) is 38.0 Å². The number of para-hydroxylation sites is 1. The second-order valence-electron chi connectivity index (χ2n) is 4.04. The molecule has 1 aromatic heterocycles. The normalized spacial score (nSPS) is 10.6. The monoisotopic (exact) mass is 214 g/mol. The van der Waals surface area contributed by atoms with Crippen molar-refractivity contribution in [1.29, 1.82) is 0 Å². The molecule has 0 aliphatic carbocycles. The molecule has 0 saturated carbocycles. The first kappa shape index (κ1) is 10.9. The SMILES string of the molecule is CCCCCc1ccn(-c2ccccc2)n1. The van der Waals surface area contributed by atoms with Gasteiger partial charge in [0.1, 0.15) is 0 Å². The van der Waals surface area contributed by atoms with Gasteiger partial charge in [0.15, 0.2) is 0 Å². The first-order chi connectivity index (χ1) is 7.90. The van der Waals surface area contributed by atoms with Crippen molar-refractivity contribution in [3.05, 3.63) is 48.3 Å². The molecule has 0 saturated heterocycles. The third-order valence-corrected chi connectivity index (χ3v) is 2.70. The maximum Gasteiger partial charge on any atom is 0.0645 e. The molecule has 0 radical (unpaired) electrons. The standard InChI is InChI=1S/C14H18N2/c1-2-3-5-8-13-11-12-16(15-13)14-9-6-4-7-10-14/h4,6-7,9-12H,2-3,5,8H2,1H3. The van der Waals surface area contributed by atoms with E-state index < -0.39 is 0 Å². The van der Waals surface area contributed by atoms with E-state index in [1.807, 2.05) is 29.1 Å². The van der Waals surface area contributed by atoms with E-state index in [1.54, 1.807) is 0 Å². The lowest BCUT2D eigenvalue weighted by Crippen LogP contribution is -1.95. The quantitative estimate of drug-likeness (QED) is 0.695. The number of hydrogen-bond acceptors (Lipinski definition) is 1. The zero-order valence-electron chi connectivity index (χ0n) is 9.76. The smallest absolute Gasteiger partial charge is 0.0645 e. The molecule has 2 nitrogen and oxygen atoms in total. The third kappa shape index (κ3) is 2.72. The summed E-state index contributed by atoms with van der Waals surface area (Å²) in [6, 6.07) is 12.4. The zero-order valence-corrected chi connectivity index (χ0v) is 9.76. The minimum absolute atomic E-state index is 1.09. The first-order valence-electron chi connectivity index (χ1n) is 6.00. The van der Waals surface area contributed by atoms with Crippen LogP contribution in [0.15, 0.2) is 42.6 Å². The molecule has 2 rings (SSSR count). The summed E-state index contributed by atoms with van der Waals surface area (Å²) in [6.45, 7) is 2.22. The molecule has 1 heterocycles.